The molecule has 0 spiro atoms. The normalized spacial score (nSPS) is 10.7. The molecule has 0 aliphatic rings. The zero-order valence-electron chi connectivity index (χ0n) is 10.8. The molecule has 0 bridgehead atoms. The fourth-order valence-electron chi connectivity index (χ4n) is 1.58. The zero-order chi connectivity index (χ0) is 15.3. The van der Waals surface area contributed by atoms with Gasteiger partial charge in [-0.25, -0.2) is 8.42 Å². The molecule has 0 saturated carbocycles. The number of halogens is 1. The van der Waals surface area contributed by atoms with Crippen LogP contribution < -0.4 is 9.46 Å². The van der Waals surface area contributed by atoms with Gasteiger partial charge in [0.15, 0.2) is 6.61 Å². The Bertz CT molecular complexity index is 768. The Kier molecular flexibility index (Phi) is 4.68. The van der Waals surface area contributed by atoms with Gasteiger partial charge in [0.25, 0.3) is 10.0 Å². The van der Waals surface area contributed by atoms with Gasteiger partial charge in [0.05, 0.1) is 4.90 Å². The molecule has 108 valence electrons. The Labute approximate surface area is 127 Å². The van der Waals surface area contributed by atoms with Gasteiger partial charge in [-0.3, -0.25) is 4.72 Å². The largest absolute Gasteiger partial charge is 0.479 e. The summed E-state index contributed by atoms with van der Waals surface area (Å²) in [7, 11) is -3.69. The van der Waals surface area contributed by atoms with Gasteiger partial charge in [-0.2, -0.15) is 5.26 Å². The second-order valence-electron chi connectivity index (χ2n) is 4.03. The minimum atomic E-state index is -3.69. The number of rotatable bonds is 5. The topological polar surface area (TPSA) is 79.2 Å². The molecular weight excluding hydrogens is 312 g/mol. The average Bonchev–Trinajstić information content (AvgIpc) is 2.46. The van der Waals surface area contributed by atoms with Crippen LogP contribution in [0.2, 0.25) is 5.02 Å². The van der Waals surface area contributed by atoms with Crippen molar-refractivity contribution in [2.75, 3.05) is 11.3 Å². The van der Waals surface area contributed by atoms with E-state index >= 15 is 0 Å². The van der Waals surface area contributed by atoms with Crippen LogP contribution in [0.5, 0.6) is 5.75 Å². The molecule has 0 radical (unpaired) electrons. The minimum absolute atomic E-state index is 0.0619. The number of hydrogen-bond donors (Lipinski definition) is 1. The lowest BCUT2D eigenvalue weighted by molar-refractivity contribution is 0.368. The van der Waals surface area contributed by atoms with E-state index in [0.29, 0.717) is 16.5 Å². The fraction of sp³-hybridized carbons (Fsp3) is 0.0714. The van der Waals surface area contributed by atoms with E-state index in [1.54, 1.807) is 36.4 Å². The van der Waals surface area contributed by atoms with Crippen molar-refractivity contribution in [3.8, 4) is 11.8 Å². The van der Waals surface area contributed by atoms with Crippen LogP contribution >= 0.6 is 11.6 Å². The van der Waals surface area contributed by atoms with Crippen LogP contribution in [0.15, 0.2) is 53.4 Å². The number of nitrogens with one attached hydrogen (secondary N) is 1. The first-order valence-corrected chi connectivity index (χ1v) is 7.75. The minimum Gasteiger partial charge on any atom is -0.479 e. The monoisotopic (exact) mass is 322 g/mol. The van der Waals surface area contributed by atoms with Crippen molar-refractivity contribution in [1.82, 2.24) is 0 Å². The molecule has 2 aromatic rings. The summed E-state index contributed by atoms with van der Waals surface area (Å²) in [6.45, 7) is -0.0619. The van der Waals surface area contributed by atoms with E-state index in [9.17, 15) is 8.42 Å². The van der Waals surface area contributed by atoms with E-state index in [1.165, 1.54) is 12.1 Å². The molecule has 0 unspecified atom stereocenters. The molecule has 0 heterocycles. The van der Waals surface area contributed by atoms with Crippen LogP contribution in [0, 0.1) is 11.3 Å². The van der Waals surface area contributed by atoms with Gasteiger partial charge >= 0.3 is 0 Å². The fourth-order valence-corrected chi connectivity index (χ4v) is 2.94. The molecule has 0 saturated heterocycles. The van der Waals surface area contributed by atoms with Crippen LogP contribution in [-0.4, -0.2) is 15.0 Å². The molecule has 0 aromatic heterocycles. The third-order valence-electron chi connectivity index (χ3n) is 2.52. The van der Waals surface area contributed by atoms with Gasteiger partial charge in [0.2, 0.25) is 0 Å². The highest BCUT2D eigenvalue weighted by Crippen LogP contribution is 2.21. The molecule has 21 heavy (non-hydrogen) atoms. The Morgan fingerprint density at radius 3 is 2.52 bits per heavy atom. The number of anilines is 1. The Morgan fingerprint density at radius 1 is 1.19 bits per heavy atom. The summed E-state index contributed by atoms with van der Waals surface area (Å²) in [6, 6.07) is 14.1. The van der Waals surface area contributed by atoms with Gasteiger partial charge in [-0.05, 0) is 42.5 Å². The smallest absolute Gasteiger partial charge is 0.261 e. The van der Waals surface area contributed by atoms with E-state index in [1.807, 2.05) is 6.07 Å². The Hall–Kier alpha value is -2.23. The van der Waals surface area contributed by atoms with Crippen molar-refractivity contribution in [1.29, 1.82) is 5.26 Å². The summed E-state index contributed by atoms with van der Waals surface area (Å²) in [5.41, 5.74) is 0.388. The molecule has 7 heteroatoms. The molecule has 0 aliphatic heterocycles. The SMILES string of the molecule is N#CCOc1ccc(NS(=O)(=O)c2cccc(Cl)c2)cc1. The summed E-state index contributed by atoms with van der Waals surface area (Å²) >= 11 is 5.79. The van der Waals surface area contributed by atoms with Gasteiger partial charge < -0.3 is 4.74 Å². The lowest BCUT2D eigenvalue weighted by Crippen LogP contribution is -2.12. The average molecular weight is 323 g/mol. The molecule has 0 atom stereocenters. The number of nitriles is 1. The van der Waals surface area contributed by atoms with E-state index in [4.69, 9.17) is 21.6 Å². The van der Waals surface area contributed by atoms with Crippen molar-refractivity contribution in [3.63, 3.8) is 0 Å². The Balaban J connectivity index is 2.15. The number of nitrogens with zero attached hydrogens (tertiary/aromatic N) is 1. The van der Waals surface area contributed by atoms with E-state index in [2.05, 4.69) is 4.72 Å². The molecule has 2 rings (SSSR count). The zero-order valence-corrected chi connectivity index (χ0v) is 12.4. The second kappa shape index (κ2) is 6.48. The molecule has 0 fully saturated rings. The standard InChI is InChI=1S/C14H11ClN2O3S/c15-11-2-1-3-14(10-11)21(18,19)17-12-4-6-13(7-5-12)20-9-8-16/h1-7,10,17H,9H2. The van der Waals surface area contributed by atoms with Crippen LogP contribution in [0.25, 0.3) is 0 Å². The summed E-state index contributed by atoms with van der Waals surface area (Å²) in [4.78, 5) is 0.0832. The third-order valence-corrected chi connectivity index (χ3v) is 4.13. The van der Waals surface area contributed by atoms with Crippen molar-refractivity contribution in [2.24, 2.45) is 0 Å². The summed E-state index contributed by atoms with van der Waals surface area (Å²) in [5, 5.41) is 8.75. The van der Waals surface area contributed by atoms with Crippen LogP contribution in [0.3, 0.4) is 0 Å². The number of hydrogen-bond acceptors (Lipinski definition) is 4. The van der Waals surface area contributed by atoms with Crippen LogP contribution in [0.4, 0.5) is 5.69 Å². The first-order chi connectivity index (χ1) is 10.0. The lowest BCUT2D eigenvalue weighted by Gasteiger charge is -2.09. The van der Waals surface area contributed by atoms with Crippen molar-refractivity contribution < 1.29 is 13.2 Å². The molecular formula is C14H11ClN2O3S. The maximum atomic E-state index is 12.2. The summed E-state index contributed by atoms with van der Waals surface area (Å²) in [6.07, 6.45) is 0. The Morgan fingerprint density at radius 2 is 1.90 bits per heavy atom. The van der Waals surface area contributed by atoms with Gasteiger partial charge in [0, 0.05) is 10.7 Å². The van der Waals surface area contributed by atoms with Crippen molar-refractivity contribution in [3.05, 3.63) is 53.6 Å². The van der Waals surface area contributed by atoms with E-state index in [-0.39, 0.29) is 11.5 Å². The second-order valence-corrected chi connectivity index (χ2v) is 6.15. The first kappa shape index (κ1) is 15.2. The van der Waals surface area contributed by atoms with Crippen molar-refractivity contribution in [2.45, 2.75) is 4.90 Å². The maximum absolute atomic E-state index is 12.2. The number of benzene rings is 2. The van der Waals surface area contributed by atoms with Gasteiger partial charge in [-0.1, -0.05) is 17.7 Å². The predicted octanol–water partition coefficient (Wildman–Crippen LogP) is 3.04. The highest BCUT2D eigenvalue weighted by atomic mass is 35.5. The highest BCUT2D eigenvalue weighted by molar-refractivity contribution is 7.92. The molecule has 0 amide bonds. The summed E-state index contributed by atoms with van der Waals surface area (Å²) in [5.74, 6) is 0.488. The van der Waals surface area contributed by atoms with Gasteiger partial charge in [0.1, 0.15) is 11.8 Å². The lowest BCUT2D eigenvalue weighted by atomic mass is 10.3. The molecule has 5 nitrogen and oxygen atoms in total. The molecule has 1 N–H and O–H groups in total. The summed E-state index contributed by atoms with van der Waals surface area (Å²) < 4.78 is 31.9. The van der Waals surface area contributed by atoms with Gasteiger partial charge in [-0.15, -0.1) is 0 Å². The van der Waals surface area contributed by atoms with Crippen molar-refractivity contribution >= 4 is 27.3 Å². The number of ether oxygens (including phenoxy) is 1. The maximum Gasteiger partial charge on any atom is 0.261 e. The van der Waals surface area contributed by atoms with E-state index in [0.717, 1.165) is 0 Å². The third kappa shape index (κ3) is 4.12. The van der Waals surface area contributed by atoms with Crippen LogP contribution in [-0.2, 0) is 10.0 Å². The van der Waals surface area contributed by atoms with Crippen LogP contribution in [0.1, 0.15) is 0 Å². The molecule has 0 aliphatic carbocycles. The van der Waals surface area contributed by atoms with E-state index < -0.39 is 10.0 Å². The highest BCUT2D eigenvalue weighted by Gasteiger charge is 2.14. The molecule has 2 aromatic carbocycles. The number of sulfonamides is 1. The first-order valence-electron chi connectivity index (χ1n) is 5.89. The quantitative estimate of drug-likeness (QED) is 0.917. The predicted molar refractivity (Wildman–Crippen MR) is 79.8 cm³/mol.